The monoisotopic (exact) mass is 416 g/mol. The van der Waals surface area contributed by atoms with Gasteiger partial charge in [-0.3, -0.25) is 4.79 Å². The topological polar surface area (TPSA) is 67.3 Å². The van der Waals surface area contributed by atoms with Gasteiger partial charge < -0.3 is 15.0 Å². The molecule has 2 aliphatic rings. The van der Waals surface area contributed by atoms with E-state index in [1.165, 1.54) is 0 Å². The molecule has 1 unspecified atom stereocenters. The second kappa shape index (κ2) is 8.27. The molecular weight excluding hydrogens is 388 g/mol. The highest BCUT2D eigenvalue weighted by atomic mass is 16.5. The Kier molecular flexibility index (Phi) is 5.32. The van der Waals surface area contributed by atoms with E-state index in [1.54, 1.807) is 6.20 Å². The summed E-state index contributed by atoms with van der Waals surface area (Å²) < 4.78 is 6.23. The summed E-state index contributed by atoms with van der Waals surface area (Å²) in [4.78, 5) is 14.8. The lowest BCUT2D eigenvalue weighted by Gasteiger charge is -2.29. The van der Waals surface area contributed by atoms with E-state index in [0.29, 0.717) is 17.5 Å². The molecule has 0 bridgehead atoms. The number of hydrogen-bond acceptors (Lipinski definition) is 5. The molecule has 1 atom stereocenters. The molecule has 6 heteroatoms. The van der Waals surface area contributed by atoms with Crippen molar-refractivity contribution >= 4 is 16.7 Å². The lowest BCUT2D eigenvalue weighted by atomic mass is 9.96. The zero-order chi connectivity index (χ0) is 21.4. The summed E-state index contributed by atoms with van der Waals surface area (Å²) in [6.45, 7) is 4.09. The Morgan fingerprint density at radius 1 is 1.16 bits per heavy atom. The maximum Gasteiger partial charge on any atom is 0.251 e. The van der Waals surface area contributed by atoms with Gasteiger partial charge in [0.25, 0.3) is 5.91 Å². The summed E-state index contributed by atoms with van der Waals surface area (Å²) >= 11 is 0. The number of hydrogen-bond donors (Lipinski definition) is 1. The Hall–Kier alpha value is -2.99. The normalized spacial score (nSPS) is 19.4. The second-order valence-electron chi connectivity index (χ2n) is 8.87. The summed E-state index contributed by atoms with van der Waals surface area (Å²) in [6, 6.07) is 12.5. The van der Waals surface area contributed by atoms with Gasteiger partial charge in [0.1, 0.15) is 6.10 Å². The van der Waals surface area contributed by atoms with Crippen molar-refractivity contribution in [3.63, 3.8) is 0 Å². The predicted molar refractivity (Wildman–Crippen MR) is 121 cm³/mol. The van der Waals surface area contributed by atoms with Crippen LogP contribution in [0.15, 0.2) is 42.6 Å². The fourth-order valence-corrected chi connectivity index (χ4v) is 4.26. The average molecular weight is 417 g/mol. The third-order valence-corrected chi connectivity index (χ3v) is 6.21. The van der Waals surface area contributed by atoms with Crippen molar-refractivity contribution in [2.45, 2.75) is 44.8 Å². The SMILES string of the molecule is Cc1ccc(C(=O)NC2CC2)cc1-c1ccc2c(OC3CCCN(C)C3)nncc2c1. The highest BCUT2D eigenvalue weighted by Gasteiger charge is 2.24. The first-order valence-corrected chi connectivity index (χ1v) is 11.1. The van der Waals surface area contributed by atoms with Crippen LogP contribution in [0.3, 0.4) is 0 Å². The molecule has 1 N–H and O–H groups in total. The Morgan fingerprint density at radius 2 is 2.03 bits per heavy atom. The number of likely N-dealkylation sites (tertiary alicyclic amines) is 1. The first kappa shape index (κ1) is 19.9. The van der Waals surface area contributed by atoms with Crippen LogP contribution in [-0.2, 0) is 0 Å². The first-order chi connectivity index (χ1) is 15.1. The number of nitrogens with one attached hydrogen (secondary N) is 1. The van der Waals surface area contributed by atoms with Gasteiger partial charge in [0, 0.05) is 28.9 Å². The molecule has 0 radical (unpaired) electrons. The van der Waals surface area contributed by atoms with Crippen LogP contribution in [0, 0.1) is 6.92 Å². The van der Waals surface area contributed by atoms with Gasteiger partial charge in [-0.1, -0.05) is 12.1 Å². The molecule has 0 spiro atoms. The van der Waals surface area contributed by atoms with Gasteiger partial charge >= 0.3 is 0 Å². The number of amides is 1. The average Bonchev–Trinajstić information content (AvgIpc) is 3.58. The number of aromatic nitrogens is 2. The van der Waals surface area contributed by atoms with E-state index in [2.05, 4.69) is 52.6 Å². The maximum absolute atomic E-state index is 12.5. The van der Waals surface area contributed by atoms with Crippen LogP contribution in [0.25, 0.3) is 21.9 Å². The van der Waals surface area contributed by atoms with E-state index in [9.17, 15) is 4.79 Å². The lowest BCUT2D eigenvalue weighted by molar-refractivity contribution is 0.0951. The predicted octanol–water partition coefficient (Wildman–Crippen LogP) is 3.97. The third kappa shape index (κ3) is 4.39. The first-order valence-electron chi connectivity index (χ1n) is 11.1. The number of ether oxygens (including phenoxy) is 1. The highest BCUT2D eigenvalue weighted by molar-refractivity contribution is 5.97. The minimum absolute atomic E-state index is 0.00328. The zero-order valence-electron chi connectivity index (χ0n) is 18.1. The minimum atomic E-state index is 0.00328. The van der Waals surface area contributed by atoms with Crippen molar-refractivity contribution in [2.24, 2.45) is 0 Å². The molecular formula is C25H28N4O2. The summed E-state index contributed by atoms with van der Waals surface area (Å²) in [6.07, 6.45) is 6.25. The van der Waals surface area contributed by atoms with E-state index in [-0.39, 0.29) is 12.0 Å². The summed E-state index contributed by atoms with van der Waals surface area (Å²) in [7, 11) is 2.12. The third-order valence-electron chi connectivity index (χ3n) is 6.21. The fraction of sp³-hybridized carbons (Fsp3) is 0.400. The van der Waals surface area contributed by atoms with Gasteiger partial charge in [-0.15, -0.1) is 5.10 Å². The molecule has 2 aromatic carbocycles. The molecule has 1 saturated carbocycles. The minimum Gasteiger partial charge on any atom is -0.471 e. The van der Waals surface area contributed by atoms with Crippen LogP contribution in [-0.4, -0.2) is 53.3 Å². The fourth-order valence-electron chi connectivity index (χ4n) is 4.26. The van der Waals surface area contributed by atoms with Crippen molar-refractivity contribution in [1.29, 1.82) is 0 Å². The van der Waals surface area contributed by atoms with Gasteiger partial charge in [0.2, 0.25) is 5.88 Å². The van der Waals surface area contributed by atoms with Crippen LogP contribution in [0.5, 0.6) is 5.88 Å². The molecule has 2 fully saturated rings. The van der Waals surface area contributed by atoms with E-state index in [4.69, 9.17) is 4.74 Å². The smallest absolute Gasteiger partial charge is 0.251 e. The number of benzene rings is 2. The largest absolute Gasteiger partial charge is 0.471 e. The molecule has 1 amide bonds. The Balaban J connectivity index is 1.44. The molecule has 160 valence electrons. The number of nitrogens with zero attached hydrogens (tertiary/aromatic N) is 3. The van der Waals surface area contributed by atoms with Crippen LogP contribution in [0.4, 0.5) is 0 Å². The molecule has 2 heterocycles. The summed E-state index contributed by atoms with van der Waals surface area (Å²) in [5.74, 6) is 0.599. The Morgan fingerprint density at radius 3 is 2.84 bits per heavy atom. The van der Waals surface area contributed by atoms with Crippen LogP contribution >= 0.6 is 0 Å². The number of fused-ring (bicyclic) bond motifs is 1. The second-order valence-corrected chi connectivity index (χ2v) is 8.87. The van der Waals surface area contributed by atoms with Crippen molar-refractivity contribution in [2.75, 3.05) is 20.1 Å². The van der Waals surface area contributed by atoms with Gasteiger partial charge in [0.05, 0.1) is 6.20 Å². The van der Waals surface area contributed by atoms with Crippen molar-refractivity contribution in [1.82, 2.24) is 20.4 Å². The van der Waals surface area contributed by atoms with Crippen molar-refractivity contribution in [3.8, 4) is 17.0 Å². The molecule has 5 rings (SSSR count). The van der Waals surface area contributed by atoms with E-state index >= 15 is 0 Å². The number of rotatable bonds is 5. The highest BCUT2D eigenvalue weighted by Crippen LogP contribution is 2.31. The molecule has 1 aliphatic carbocycles. The van der Waals surface area contributed by atoms with Crippen molar-refractivity contribution < 1.29 is 9.53 Å². The van der Waals surface area contributed by atoms with Gasteiger partial charge in [-0.05, 0) is 87.2 Å². The van der Waals surface area contributed by atoms with Gasteiger partial charge in [-0.25, -0.2) is 0 Å². The molecule has 3 aromatic rings. The summed E-state index contributed by atoms with van der Waals surface area (Å²) in [5.41, 5.74) is 3.94. The van der Waals surface area contributed by atoms with Crippen LogP contribution in [0.2, 0.25) is 0 Å². The molecule has 6 nitrogen and oxygen atoms in total. The Bertz CT molecular complexity index is 1130. The van der Waals surface area contributed by atoms with Crippen LogP contribution < -0.4 is 10.1 Å². The van der Waals surface area contributed by atoms with Crippen LogP contribution in [0.1, 0.15) is 41.6 Å². The standard InChI is InChI=1S/C25H28N4O2/c1-16-5-6-18(24(30)27-20-8-9-20)13-23(16)17-7-10-22-19(12-17)14-26-28-25(22)31-21-4-3-11-29(2)15-21/h5-7,10,12-14,20-21H,3-4,8-9,11,15H2,1-2H3,(H,27,30). The number of carbonyl (C=O) groups excluding carboxylic acids is 1. The maximum atomic E-state index is 12.5. The van der Waals surface area contributed by atoms with Crippen molar-refractivity contribution in [3.05, 3.63) is 53.7 Å². The quantitative estimate of drug-likeness (QED) is 0.682. The van der Waals surface area contributed by atoms with Gasteiger partial charge in [-0.2, -0.15) is 5.10 Å². The van der Waals surface area contributed by atoms with E-state index in [0.717, 1.165) is 66.2 Å². The number of piperidine rings is 1. The Labute approximate surface area is 182 Å². The van der Waals surface area contributed by atoms with E-state index in [1.807, 2.05) is 18.2 Å². The zero-order valence-corrected chi connectivity index (χ0v) is 18.1. The summed E-state index contributed by atoms with van der Waals surface area (Å²) in [5, 5.41) is 13.5. The lowest BCUT2D eigenvalue weighted by Crippen LogP contribution is -2.38. The molecule has 31 heavy (non-hydrogen) atoms. The van der Waals surface area contributed by atoms with Gasteiger partial charge in [0.15, 0.2) is 0 Å². The van der Waals surface area contributed by atoms with E-state index < -0.39 is 0 Å². The number of aryl methyl sites for hydroxylation is 1. The molecule has 1 aliphatic heterocycles. The molecule has 1 aromatic heterocycles. The number of likely N-dealkylation sites (N-methyl/N-ethyl adjacent to an activating group) is 1. The number of carbonyl (C=O) groups is 1. The molecule has 1 saturated heterocycles.